The number of hydrogen-bond acceptors (Lipinski definition) is 2. The lowest BCUT2D eigenvalue weighted by Gasteiger charge is -2.31. The zero-order chi connectivity index (χ0) is 10.5. The average Bonchev–Trinajstić information content (AvgIpc) is 2.55. The van der Waals surface area contributed by atoms with Crippen molar-refractivity contribution in [3.8, 4) is 0 Å². The van der Waals surface area contributed by atoms with Crippen LogP contribution >= 0.6 is 0 Å². The van der Waals surface area contributed by atoms with Crippen LogP contribution in [0.2, 0.25) is 0 Å². The monoisotopic (exact) mass is 211 g/mol. The molecule has 2 heteroatoms. The first kappa shape index (κ1) is 11.4. The van der Waals surface area contributed by atoms with Crippen LogP contribution in [0.5, 0.6) is 0 Å². The van der Waals surface area contributed by atoms with Gasteiger partial charge in [0.2, 0.25) is 0 Å². The molecular weight excluding hydrogens is 186 g/mol. The molecule has 1 aliphatic heterocycles. The minimum Gasteiger partial charge on any atom is -0.381 e. The third-order valence-corrected chi connectivity index (χ3v) is 4.31. The van der Waals surface area contributed by atoms with Gasteiger partial charge in [0.25, 0.3) is 0 Å². The summed E-state index contributed by atoms with van der Waals surface area (Å²) in [5.74, 6) is 1.92. The summed E-state index contributed by atoms with van der Waals surface area (Å²) < 4.78 is 5.46. The van der Waals surface area contributed by atoms with Crippen molar-refractivity contribution in [2.75, 3.05) is 20.3 Å². The van der Waals surface area contributed by atoms with E-state index < -0.39 is 0 Å². The fourth-order valence-electron chi connectivity index (χ4n) is 3.28. The van der Waals surface area contributed by atoms with Gasteiger partial charge in [-0.1, -0.05) is 19.3 Å². The first-order valence-electron chi connectivity index (χ1n) is 6.65. The van der Waals surface area contributed by atoms with Gasteiger partial charge < -0.3 is 10.1 Å². The second-order valence-corrected chi connectivity index (χ2v) is 5.22. The zero-order valence-electron chi connectivity index (χ0n) is 10.0. The molecule has 1 heterocycles. The van der Waals surface area contributed by atoms with Crippen molar-refractivity contribution in [3.05, 3.63) is 0 Å². The lowest BCUT2D eigenvalue weighted by atomic mass is 9.80. The van der Waals surface area contributed by atoms with E-state index in [0.29, 0.717) is 0 Å². The first-order chi connectivity index (χ1) is 7.40. The highest BCUT2D eigenvalue weighted by Crippen LogP contribution is 2.34. The van der Waals surface area contributed by atoms with Crippen LogP contribution in [0.15, 0.2) is 0 Å². The molecule has 15 heavy (non-hydrogen) atoms. The summed E-state index contributed by atoms with van der Waals surface area (Å²) in [7, 11) is 2.12. The summed E-state index contributed by atoms with van der Waals surface area (Å²) in [5, 5.41) is 3.48. The maximum absolute atomic E-state index is 5.46. The normalized spacial score (nSPS) is 35.0. The number of nitrogens with one attached hydrogen (secondary N) is 1. The highest BCUT2D eigenvalue weighted by Gasteiger charge is 2.27. The van der Waals surface area contributed by atoms with E-state index >= 15 is 0 Å². The standard InChI is InChI=1S/C13H25NO/c1-14-13-5-3-2-4-12(10-13)11-6-8-15-9-7-11/h11-14H,2-10H2,1H3. The van der Waals surface area contributed by atoms with E-state index in [4.69, 9.17) is 4.74 Å². The SMILES string of the molecule is CNC1CCCCC(C2CCOCC2)C1. The molecule has 2 nitrogen and oxygen atoms in total. The smallest absolute Gasteiger partial charge is 0.0468 e. The summed E-state index contributed by atoms with van der Waals surface area (Å²) in [5.41, 5.74) is 0. The zero-order valence-corrected chi connectivity index (χ0v) is 10.0. The van der Waals surface area contributed by atoms with Crippen molar-refractivity contribution in [2.24, 2.45) is 11.8 Å². The van der Waals surface area contributed by atoms with Gasteiger partial charge in [-0.05, 0) is 44.6 Å². The van der Waals surface area contributed by atoms with E-state index in [1.54, 1.807) is 0 Å². The van der Waals surface area contributed by atoms with E-state index in [1.165, 1.54) is 44.9 Å². The highest BCUT2D eigenvalue weighted by molar-refractivity contribution is 4.80. The summed E-state index contributed by atoms with van der Waals surface area (Å²) in [6, 6.07) is 0.778. The van der Waals surface area contributed by atoms with Crippen LogP contribution in [0, 0.1) is 11.8 Å². The van der Waals surface area contributed by atoms with Gasteiger partial charge in [0.1, 0.15) is 0 Å². The van der Waals surface area contributed by atoms with Crippen molar-refractivity contribution in [1.82, 2.24) is 5.32 Å². The van der Waals surface area contributed by atoms with Gasteiger partial charge in [-0.2, -0.15) is 0 Å². The van der Waals surface area contributed by atoms with Crippen molar-refractivity contribution in [2.45, 2.75) is 51.0 Å². The Hall–Kier alpha value is -0.0800. The Bertz CT molecular complexity index is 177. The molecular formula is C13H25NO. The van der Waals surface area contributed by atoms with E-state index in [1.807, 2.05) is 0 Å². The molecule has 1 N–H and O–H groups in total. The van der Waals surface area contributed by atoms with E-state index in [2.05, 4.69) is 12.4 Å². The molecule has 0 spiro atoms. The Kier molecular flexibility index (Phi) is 4.45. The maximum Gasteiger partial charge on any atom is 0.0468 e. The molecule has 1 saturated heterocycles. The van der Waals surface area contributed by atoms with Crippen LogP contribution < -0.4 is 5.32 Å². The Morgan fingerprint density at radius 2 is 1.67 bits per heavy atom. The molecule has 0 bridgehead atoms. The molecule has 0 amide bonds. The Morgan fingerprint density at radius 1 is 0.933 bits per heavy atom. The topological polar surface area (TPSA) is 21.3 Å². The quantitative estimate of drug-likeness (QED) is 0.709. The lowest BCUT2D eigenvalue weighted by molar-refractivity contribution is 0.0424. The molecule has 2 rings (SSSR count). The Labute approximate surface area is 93.8 Å². The Morgan fingerprint density at radius 3 is 2.40 bits per heavy atom. The van der Waals surface area contributed by atoms with Gasteiger partial charge in [-0.25, -0.2) is 0 Å². The predicted molar refractivity (Wildman–Crippen MR) is 63.0 cm³/mol. The minimum atomic E-state index is 0.778. The summed E-state index contributed by atoms with van der Waals surface area (Å²) in [4.78, 5) is 0. The largest absolute Gasteiger partial charge is 0.381 e. The van der Waals surface area contributed by atoms with Crippen molar-refractivity contribution in [1.29, 1.82) is 0 Å². The van der Waals surface area contributed by atoms with Crippen molar-refractivity contribution < 1.29 is 4.74 Å². The van der Waals surface area contributed by atoms with Crippen LogP contribution in [0.3, 0.4) is 0 Å². The van der Waals surface area contributed by atoms with Crippen LogP contribution in [0.25, 0.3) is 0 Å². The summed E-state index contributed by atoms with van der Waals surface area (Å²) >= 11 is 0. The predicted octanol–water partition coefficient (Wildman–Crippen LogP) is 2.58. The fourth-order valence-corrected chi connectivity index (χ4v) is 3.28. The van der Waals surface area contributed by atoms with E-state index in [0.717, 1.165) is 31.1 Å². The third kappa shape index (κ3) is 3.18. The molecule has 0 aromatic rings. The van der Waals surface area contributed by atoms with Crippen LogP contribution in [0.1, 0.15) is 44.9 Å². The number of ether oxygens (including phenoxy) is 1. The summed E-state index contributed by atoms with van der Waals surface area (Å²) in [6.45, 7) is 2.01. The molecule has 2 unspecified atom stereocenters. The maximum atomic E-state index is 5.46. The van der Waals surface area contributed by atoms with Crippen LogP contribution in [-0.2, 0) is 4.74 Å². The van der Waals surface area contributed by atoms with Gasteiger partial charge in [0.15, 0.2) is 0 Å². The molecule has 2 aliphatic rings. The average molecular weight is 211 g/mol. The second-order valence-electron chi connectivity index (χ2n) is 5.22. The molecule has 1 saturated carbocycles. The minimum absolute atomic E-state index is 0.778. The van der Waals surface area contributed by atoms with Gasteiger partial charge in [0.05, 0.1) is 0 Å². The fraction of sp³-hybridized carbons (Fsp3) is 1.00. The van der Waals surface area contributed by atoms with Gasteiger partial charge in [-0.15, -0.1) is 0 Å². The van der Waals surface area contributed by atoms with Crippen LogP contribution in [-0.4, -0.2) is 26.3 Å². The molecule has 0 aromatic heterocycles. The number of hydrogen-bond donors (Lipinski definition) is 1. The highest BCUT2D eigenvalue weighted by atomic mass is 16.5. The number of rotatable bonds is 2. The van der Waals surface area contributed by atoms with Crippen molar-refractivity contribution in [3.63, 3.8) is 0 Å². The lowest BCUT2D eigenvalue weighted by Crippen LogP contribution is -2.30. The molecule has 88 valence electrons. The first-order valence-corrected chi connectivity index (χ1v) is 6.65. The molecule has 0 radical (unpaired) electrons. The molecule has 2 fully saturated rings. The van der Waals surface area contributed by atoms with Crippen molar-refractivity contribution >= 4 is 0 Å². The molecule has 0 aromatic carbocycles. The van der Waals surface area contributed by atoms with Gasteiger partial charge in [-0.3, -0.25) is 0 Å². The van der Waals surface area contributed by atoms with Gasteiger partial charge in [0, 0.05) is 19.3 Å². The molecule has 1 aliphatic carbocycles. The van der Waals surface area contributed by atoms with E-state index in [-0.39, 0.29) is 0 Å². The Balaban J connectivity index is 1.87. The molecule has 2 atom stereocenters. The van der Waals surface area contributed by atoms with E-state index in [9.17, 15) is 0 Å². The van der Waals surface area contributed by atoms with Crippen LogP contribution in [0.4, 0.5) is 0 Å². The van der Waals surface area contributed by atoms with Gasteiger partial charge >= 0.3 is 0 Å². The second kappa shape index (κ2) is 5.86. The third-order valence-electron chi connectivity index (χ3n) is 4.31. The summed E-state index contributed by atoms with van der Waals surface area (Å²) in [6.07, 6.45) is 9.73.